The lowest BCUT2D eigenvalue weighted by Gasteiger charge is -2.25. The first-order chi connectivity index (χ1) is 7.17. The summed E-state index contributed by atoms with van der Waals surface area (Å²) in [4.78, 5) is 4.67. The predicted molar refractivity (Wildman–Crippen MR) is 63.9 cm³/mol. The first-order valence-electron chi connectivity index (χ1n) is 5.81. The second kappa shape index (κ2) is 6.13. The molecule has 0 radical (unpaired) electrons. The quantitative estimate of drug-likeness (QED) is 0.664. The van der Waals surface area contributed by atoms with Gasteiger partial charge in [0.25, 0.3) is 0 Å². The Labute approximate surface area is 93.7 Å². The Bertz CT molecular complexity index is 206. The van der Waals surface area contributed by atoms with Crippen molar-refractivity contribution in [3.63, 3.8) is 0 Å². The molecule has 0 aromatic rings. The standard InChI is InChI=1S/C12H24N2O/c1-5-7-13(3)11(2)9-14-8-6-12(10-14)15-4/h12H,2,5-10H2,1,3-4H3. The summed E-state index contributed by atoms with van der Waals surface area (Å²) in [5.41, 5.74) is 1.22. The highest BCUT2D eigenvalue weighted by molar-refractivity contribution is 4.97. The van der Waals surface area contributed by atoms with Crippen LogP contribution in [0.1, 0.15) is 19.8 Å². The van der Waals surface area contributed by atoms with Crippen LogP contribution in [0.25, 0.3) is 0 Å². The number of rotatable bonds is 6. The highest BCUT2D eigenvalue weighted by Gasteiger charge is 2.22. The van der Waals surface area contributed by atoms with Gasteiger partial charge in [0.15, 0.2) is 0 Å². The Morgan fingerprint density at radius 1 is 1.60 bits per heavy atom. The fourth-order valence-corrected chi connectivity index (χ4v) is 2.01. The maximum absolute atomic E-state index is 5.35. The van der Waals surface area contributed by atoms with Gasteiger partial charge in [0.05, 0.1) is 6.10 Å². The SMILES string of the molecule is C=C(CN1CCC(OC)C1)N(C)CCC. The molecule has 0 aromatic heterocycles. The molecule has 0 aromatic carbocycles. The van der Waals surface area contributed by atoms with Crippen LogP contribution in [-0.4, -0.2) is 56.2 Å². The number of hydrogen-bond donors (Lipinski definition) is 0. The molecule has 0 aliphatic carbocycles. The molecule has 1 rings (SSSR count). The maximum atomic E-state index is 5.35. The minimum Gasteiger partial charge on any atom is -0.380 e. The summed E-state index contributed by atoms with van der Waals surface area (Å²) in [5, 5.41) is 0. The average molecular weight is 212 g/mol. The first-order valence-corrected chi connectivity index (χ1v) is 5.81. The van der Waals surface area contributed by atoms with Gasteiger partial charge in [-0.15, -0.1) is 0 Å². The predicted octanol–water partition coefficient (Wildman–Crippen LogP) is 1.56. The lowest BCUT2D eigenvalue weighted by atomic mass is 10.3. The molecule has 0 bridgehead atoms. The van der Waals surface area contributed by atoms with E-state index in [2.05, 4.69) is 30.4 Å². The third kappa shape index (κ3) is 3.84. The summed E-state index contributed by atoms with van der Waals surface area (Å²) in [6, 6.07) is 0. The van der Waals surface area contributed by atoms with Gasteiger partial charge in [0.2, 0.25) is 0 Å². The molecule has 1 aliphatic heterocycles. The number of likely N-dealkylation sites (tertiary alicyclic amines) is 1. The van der Waals surface area contributed by atoms with E-state index in [1.165, 1.54) is 12.1 Å². The third-order valence-corrected chi connectivity index (χ3v) is 3.07. The van der Waals surface area contributed by atoms with Crippen molar-refractivity contribution >= 4 is 0 Å². The number of ether oxygens (including phenoxy) is 1. The van der Waals surface area contributed by atoms with Gasteiger partial charge in [-0.3, -0.25) is 4.90 Å². The molecule has 1 heterocycles. The van der Waals surface area contributed by atoms with Crippen LogP contribution in [0.2, 0.25) is 0 Å². The van der Waals surface area contributed by atoms with E-state index in [0.717, 1.165) is 32.6 Å². The van der Waals surface area contributed by atoms with E-state index in [9.17, 15) is 0 Å². The second-order valence-corrected chi connectivity index (χ2v) is 4.37. The van der Waals surface area contributed by atoms with Crippen LogP contribution in [0.5, 0.6) is 0 Å². The highest BCUT2D eigenvalue weighted by atomic mass is 16.5. The number of methoxy groups -OCH3 is 1. The van der Waals surface area contributed by atoms with Crippen molar-refractivity contribution in [3.8, 4) is 0 Å². The van der Waals surface area contributed by atoms with Crippen molar-refractivity contribution in [1.82, 2.24) is 9.80 Å². The largest absolute Gasteiger partial charge is 0.380 e. The average Bonchev–Trinajstić information content (AvgIpc) is 2.66. The van der Waals surface area contributed by atoms with Crippen LogP contribution >= 0.6 is 0 Å². The summed E-state index contributed by atoms with van der Waals surface area (Å²) in [7, 11) is 3.92. The van der Waals surface area contributed by atoms with E-state index in [1.807, 2.05) is 0 Å². The van der Waals surface area contributed by atoms with E-state index in [-0.39, 0.29) is 0 Å². The van der Waals surface area contributed by atoms with Crippen molar-refractivity contribution in [2.24, 2.45) is 0 Å². The number of likely N-dealkylation sites (N-methyl/N-ethyl adjacent to an activating group) is 1. The lowest BCUT2D eigenvalue weighted by molar-refractivity contribution is 0.108. The molecule has 15 heavy (non-hydrogen) atoms. The molecule has 0 amide bonds. The fourth-order valence-electron chi connectivity index (χ4n) is 2.01. The van der Waals surface area contributed by atoms with E-state index in [1.54, 1.807) is 7.11 Å². The van der Waals surface area contributed by atoms with E-state index in [0.29, 0.717) is 6.10 Å². The van der Waals surface area contributed by atoms with Crippen LogP contribution in [-0.2, 0) is 4.74 Å². The summed E-state index contributed by atoms with van der Waals surface area (Å²) in [6.45, 7) is 10.6. The molecule has 1 fully saturated rings. The zero-order valence-electron chi connectivity index (χ0n) is 10.3. The summed E-state index contributed by atoms with van der Waals surface area (Å²) < 4.78 is 5.35. The molecule has 0 spiro atoms. The summed E-state index contributed by atoms with van der Waals surface area (Å²) >= 11 is 0. The van der Waals surface area contributed by atoms with Crippen molar-refractivity contribution < 1.29 is 4.74 Å². The van der Waals surface area contributed by atoms with Crippen molar-refractivity contribution in [1.29, 1.82) is 0 Å². The Morgan fingerprint density at radius 2 is 2.33 bits per heavy atom. The number of hydrogen-bond acceptors (Lipinski definition) is 3. The molecule has 0 saturated carbocycles. The van der Waals surface area contributed by atoms with Gasteiger partial charge in [-0.1, -0.05) is 13.5 Å². The minimum atomic E-state index is 0.425. The molecule has 3 heteroatoms. The van der Waals surface area contributed by atoms with Crippen molar-refractivity contribution in [3.05, 3.63) is 12.3 Å². The lowest BCUT2D eigenvalue weighted by Crippen LogP contribution is -2.30. The molecule has 1 aliphatic rings. The molecule has 1 unspecified atom stereocenters. The monoisotopic (exact) mass is 212 g/mol. The van der Waals surface area contributed by atoms with Crippen molar-refractivity contribution in [2.45, 2.75) is 25.9 Å². The Hall–Kier alpha value is -0.540. The van der Waals surface area contributed by atoms with Crippen LogP contribution < -0.4 is 0 Å². The normalized spacial score (nSPS) is 21.9. The zero-order chi connectivity index (χ0) is 11.3. The van der Waals surface area contributed by atoms with E-state index in [4.69, 9.17) is 4.74 Å². The van der Waals surface area contributed by atoms with E-state index < -0.39 is 0 Å². The fraction of sp³-hybridized carbons (Fsp3) is 0.833. The van der Waals surface area contributed by atoms with E-state index >= 15 is 0 Å². The smallest absolute Gasteiger partial charge is 0.0710 e. The molecule has 1 atom stereocenters. The minimum absolute atomic E-state index is 0.425. The van der Waals surface area contributed by atoms with Gasteiger partial charge in [-0.25, -0.2) is 0 Å². The Kier molecular flexibility index (Phi) is 5.12. The molecular weight excluding hydrogens is 188 g/mol. The molecule has 1 saturated heterocycles. The van der Waals surface area contributed by atoms with Crippen LogP contribution in [0.15, 0.2) is 12.3 Å². The Balaban J connectivity index is 2.27. The topological polar surface area (TPSA) is 15.7 Å². The molecule has 88 valence electrons. The third-order valence-electron chi connectivity index (χ3n) is 3.07. The molecule has 3 nitrogen and oxygen atoms in total. The van der Waals surface area contributed by atoms with Gasteiger partial charge in [-0.05, 0) is 12.8 Å². The maximum Gasteiger partial charge on any atom is 0.0710 e. The zero-order valence-corrected chi connectivity index (χ0v) is 10.3. The van der Waals surface area contributed by atoms with Crippen molar-refractivity contribution in [2.75, 3.05) is 40.3 Å². The van der Waals surface area contributed by atoms with Gasteiger partial charge in [0, 0.05) is 46.0 Å². The van der Waals surface area contributed by atoms with Gasteiger partial charge < -0.3 is 9.64 Å². The summed E-state index contributed by atoms with van der Waals surface area (Å²) in [6.07, 6.45) is 2.76. The van der Waals surface area contributed by atoms with Crippen LogP contribution in [0, 0.1) is 0 Å². The van der Waals surface area contributed by atoms with Crippen LogP contribution in [0.4, 0.5) is 0 Å². The second-order valence-electron chi connectivity index (χ2n) is 4.37. The first kappa shape index (κ1) is 12.5. The Morgan fingerprint density at radius 3 is 2.87 bits per heavy atom. The van der Waals surface area contributed by atoms with Gasteiger partial charge in [-0.2, -0.15) is 0 Å². The van der Waals surface area contributed by atoms with Gasteiger partial charge >= 0.3 is 0 Å². The molecular formula is C12H24N2O. The number of nitrogens with zero attached hydrogens (tertiary/aromatic N) is 2. The van der Waals surface area contributed by atoms with Crippen LogP contribution in [0.3, 0.4) is 0 Å². The molecule has 0 N–H and O–H groups in total. The summed E-state index contributed by atoms with van der Waals surface area (Å²) in [5.74, 6) is 0. The highest BCUT2D eigenvalue weighted by Crippen LogP contribution is 2.13. The van der Waals surface area contributed by atoms with Gasteiger partial charge in [0.1, 0.15) is 0 Å².